The number of nitrogens with one attached hydrogen (secondary N) is 2. The summed E-state index contributed by atoms with van der Waals surface area (Å²) < 4.78 is 10.7. The van der Waals surface area contributed by atoms with Gasteiger partial charge in [0.15, 0.2) is 0 Å². The van der Waals surface area contributed by atoms with Crippen molar-refractivity contribution in [3.8, 4) is 22.9 Å². The van der Waals surface area contributed by atoms with Crippen molar-refractivity contribution < 1.29 is 9.47 Å². The summed E-state index contributed by atoms with van der Waals surface area (Å²) in [6, 6.07) is 13.4. The number of ether oxygens (including phenoxy) is 2. The molecular formula is C20H23N5O2. The van der Waals surface area contributed by atoms with Crippen LogP contribution < -0.4 is 20.1 Å². The third-order valence-electron chi connectivity index (χ3n) is 3.70. The molecule has 7 nitrogen and oxygen atoms in total. The molecule has 0 saturated heterocycles. The molecule has 0 aliphatic rings. The van der Waals surface area contributed by atoms with Crippen LogP contribution in [0.3, 0.4) is 0 Å². The van der Waals surface area contributed by atoms with E-state index in [1.807, 2.05) is 56.3 Å². The van der Waals surface area contributed by atoms with E-state index in [2.05, 4.69) is 25.6 Å². The largest absolute Gasteiger partial charge is 0.497 e. The zero-order valence-electron chi connectivity index (χ0n) is 15.9. The van der Waals surface area contributed by atoms with Crippen LogP contribution in [0.25, 0.3) is 11.4 Å². The number of anilines is 3. The monoisotopic (exact) mass is 365 g/mol. The van der Waals surface area contributed by atoms with Gasteiger partial charge >= 0.3 is 0 Å². The van der Waals surface area contributed by atoms with E-state index in [1.165, 1.54) is 0 Å². The Morgan fingerprint density at radius 3 is 2.22 bits per heavy atom. The minimum Gasteiger partial charge on any atom is -0.497 e. The summed E-state index contributed by atoms with van der Waals surface area (Å²) in [5.74, 6) is 2.56. The molecule has 140 valence electrons. The van der Waals surface area contributed by atoms with Crippen molar-refractivity contribution in [3.63, 3.8) is 0 Å². The average molecular weight is 365 g/mol. The topological polar surface area (TPSA) is 81.2 Å². The lowest BCUT2D eigenvalue weighted by molar-refractivity contribution is 0.395. The molecule has 7 heteroatoms. The van der Waals surface area contributed by atoms with Crippen LogP contribution in [0.15, 0.2) is 48.7 Å². The number of aromatic nitrogens is 3. The van der Waals surface area contributed by atoms with Crippen LogP contribution in [0.4, 0.5) is 17.5 Å². The highest BCUT2D eigenvalue weighted by Gasteiger charge is 2.10. The van der Waals surface area contributed by atoms with Gasteiger partial charge in [-0.15, -0.1) is 0 Å². The smallest absolute Gasteiger partial charge is 0.225 e. The third kappa shape index (κ3) is 4.84. The molecular weight excluding hydrogens is 342 g/mol. The van der Waals surface area contributed by atoms with Gasteiger partial charge in [0.05, 0.1) is 25.6 Å². The van der Waals surface area contributed by atoms with Crippen LogP contribution in [-0.4, -0.2) is 35.2 Å². The molecule has 0 radical (unpaired) electrons. The first-order valence-electron chi connectivity index (χ1n) is 8.64. The Kier molecular flexibility index (Phi) is 5.71. The summed E-state index contributed by atoms with van der Waals surface area (Å²) in [4.78, 5) is 13.5. The Bertz CT molecular complexity index is 878. The maximum atomic E-state index is 5.33. The zero-order valence-corrected chi connectivity index (χ0v) is 15.9. The first-order chi connectivity index (χ1) is 13.1. The molecule has 2 N–H and O–H groups in total. The summed E-state index contributed by atoms with van der Waals surface area (Å²) >= 11 is 0. The van der Waals surface area contributed by atoms with E-state index in [9.17, 15) is 0 Å². The van der Waals surface area contributed by atoms with E-state index in [-0.39, 0.29) is 6.04 Å². The van der Waals surface area contributed by atoms with Crippen LogP contribution in [-0.2, 0) is 0 Å². The van der Waals surface area contributed by atoms with Crippen molar-refractivity contribution in [2.24, 2.45) is 0 Å². The van der Waals surface area contributed by atoms with E-state index in [1.54, 1.807) is 20.4 Å². The first-order valence-corrected chi connectivity index (χ1v) is 8.64. The average Bonchev–Trinajstić information content (AvgIpc) is 2.67. The quantitative estimate of drug-likeness (QED) is 0.652. The summed E-state index contributed by atoms with van der Waals surface area (Å²) in [5, 5.41) is 6.55. The molecule has 0 atom stereocenters. The molecule has 0 spiro atoms. The van der Waals surface area contributed by atoms with E-state index in [4.69, 9.17) is 9.47 Å². The van der Waals surface area contributed by atoms with Crippen molar-refractivity contribution in [1.82, 2.24) is 15.0 Å². The number of nitrogens with zero attached hydrogens (tertiary/aromatic N) is 3. The minimum atomic E-state index is 0.203. The van der Waals surface area contributed by atoms with Gasteiger partial charge in [-0.1, -0.05) is 6.07 Å². The second-order valence-corrected chi connectivity index (χ2v) is 6.20. The lowest BCUT2D eigenvalue weighted by atomic mass is 10.2. The lowest BCUT2D eigenvalue weighted by Gasteiger charge is -2.14. The van der Waals surface area contributed by atoms with E-state index in [0.717, 1.165) is 17.1 Å². The Balaban J connectivity index is 1.99. The van der Waals surface area contributed by atoms with E-state index in [0.29, 0.717) is 23.3 Å². The van der Waals surface area contributed by atoms with Crippen molar-refractivity contribution in [1.29, 1.82) is 0 Å². The van der Waals surface area contributed by atoms with Gasteiger partial charge in [-0.2, -0.15) is 4.98 Å². The molecule has 1 aromatic carbocycles. The molecule has 0 fully saturated rings. The van der Waals surface area contributed by atoms with Gasteiger partial charge in [0, 0.05) is 42.2 Å². The van der Waals surface area contributed by atoms with Crippen LogP contribution in [0.1, 0.15) is 13.8 Å². The highest BCUT2D eigenvalue weighted by molar-refractivity contribution is 5.67. The van der Waals surface area contributed by atoms with Gasteiger partial charge in [0.1, 0.15) is 17.3 Å². The number of hydrogen-bond donors (Lipinski definition) is 2. The van der Waals surface area contributed by atoms with Crippen LogP contribution >= 0.6 is 0 Å². The Labute approximate surface area is 158 Å². The molecule has 0 unspecified atom stereocenters. The molecule has 0 amide bonds. The first kappa shape index (κ1) is 18.4. The molecule has 27 heavy (non-hydrogen) atoms. The number of methoxy groups -OCH3 is 2. The van der Waals surface area contributed by atoms with E-state index < -0.39 is 0 Å². The van der Waals surface area contributed by atoms with Gasteiger partial charge < -0.3 is 20.1 Å². The van der Waals surface area contributed by atoms with Gasteiger partial charge in [0.25, 0.3) is 0 Å². The van der Waals surface area contributed by atoms with Crippen LogP contribution in [0, 0.1) is 0 Å². The highest BCUT2D eigenvalue weighted by Crippen LogP contribution is 2.29. The molecule has 0 saturated carbocycles. The molecule has 0 bridgehead atoms. The Morgan fingerprint density at radius 1 is 0.889 bits per heavy atom. The summed E-state index contributed by atoms with van der Waals surface area (Å²) in [6.07, 6.45) is 1.74. The van der Waals surface area contributed by atoms with Crippen molar-refractivity contribution in [2.75, 3.05) is 24.9 Å². The molecule has 2 heterocycles. The Morgan fingerprint density at radius 2 is 1.63 bits per heavy atom. The number of rotatable bonds is 7. The number of benzene rings is 1. The maximum absolute atomic E-state index is 5.33. The van der Waals surface area contributed by atoms with Crippen molar-refractivity contribution in [2.45, 2.75) is 19.9 Å². The SMILES string of the molecule is COc1cc(Nc2cc(-c3ccccn3)nc(NC(C)C)n2)cc(OC)c1. The standard InChI is InChI=1S/C20H23N5O2/c1-13(2)22-20-24-18(17-7-5-6-8-21-17)12-19(25-20)23-14-9-15(26-3)11-16(10-14)27-4/h5-13H,1-4H3,(H2,22,23,24,25). The predicted octanol–water partition coefficient (Wildman–Crippen LogP) is 4.12. The van der Waals surface area contributed by atoms with Crippen molar-refractivity contribution in [3.05, 3.63) is 48.7 Å². The molecule has 3 rings (SSSR count). The van der Waals surface area contributed by atoms with Gasteiger partial charge in [-0.3, -0.25) is 4.98 Å². The second kappa shape index (κ2) is 8.35. The maximum Gasteiger partial charge on any atom is 0.225 e. The third-order valence-corrected chi connectivity index (χ3v) is 3.70. The van der Waals surface area contributed by atoms with Gasteiger partial charge in [-0.05, 0) is 26.0 Å². The van der Waals surface area contributed by atoms with Gasteiger partial charge in [-0.25, -0.2) is 4.98 Å². The Hall–Kier alpha value is -3.35. The van der Waals surface area contributed by atoms with Crippen LogP contribution in [0.5, 0.6) is 11.5 Å². The number of hydrogen-bond acceptors (Lipinski definition) is 7. The minimum absolute atomic E-state index is 0.203. The van der Waals surface area contributed by atoms with Crippen molar-refractivity contribution >= 4 is 17.5 Å². The molecule has 0 aliphatic heterocycles. The highest BCUT2D eigenvalue weighted by atomic mass is 16.5. The lowest BCUT2D eigenvalue weighted by Crippen LogP contribution is -2.13. The van der Waals surface area contributed by atoms with Crippen LogP contribution in [0.2, 0.25) is 0 Å². The number of pyridine rings is 1. The van der Waals surface area contributed by atoms with Gasteiger partial charge in [0.2, 0.25) is 5.95 Å². The second-order valence-electron chi connectivity index (χ2n) is 6.20. The zero-order chi connectivity index (χ0) is 19.2. The summed E-state index contributed by atoms with van der Waals surface area (Å²) in [5.41, 5.74) is 2.30. The summed E-state index contributed by atoms with van der Waals surface area (Å²) in [7, 11) is 3.24. The van der Waals surface area contributed by atoms with E-state index >= 15 is 0 Å². The fraction of sp³-hybridized carbons (Fsp3) is 0.250. The molecule has 2 aromatic heterocycles. The fourth-order valence-electron chi connectivity index (χ4n) is 2.51. The predicted molar refractivity (Wildman–Crippen MR) is 107 cm³/mol. The molecule has 0 aliphatic carbocycles. The summed E-state index contributed by atoms with van der Waals surface area (Å²) in [6.45, 7) is 4.08. The molecule has 3 aromatic rings. The normalized spacial score (nSPS) is 10.6. The fourth-order valence-corrected chi connectivity index (χ4v) is 2.51.